The summed E-state index contributed by atoms with van der Waals surface area (Å²) in [6.45, 7) is 4.56. The van der Waals surface area contributed by atoms with Crippen LogP contribution < -0.4 is 0 Å². The van der Waals surface area contributed by atoms with Gasteiger partial charge in [0.05, 0.1) is 0 Å². The molecule has 0 aromatic heterocycles. The van der Waals surface area contributed by atoms with Crippen molar-refractivity contribution in [3.63, 3.8) is 0 Å². The van der Waals surface area contributed by atoms with E-state index >= 15 is 0 Å². The van der Waals surface area contributed by atoms with E-state index in [9.17, 15) is 0 Å². The van der Waals surface area contributed by atoms with E-state index < -0.39 is 0 Å². The SMILES string of the molecule is CCCCCC1CCC(CCc2ccc(-c3ccc4cc(CCC)ccc4c3)cc2)CC1. The van der Waals surface area contributed by atoms with Crippen molar-refractivity contribution in [2.75, 3.05) is 0 Å². The van der Waals surface area contributed by atoms with Crippen LogP contribution in [-0.2, 0) is 12.8 Å². The van der Waals surface area contributed by atoms with E-state index in [1.54, 1.807) is 0 Å². The van der Waals surface area contributed by atoms with E-state index in [1.807, 2.05) is 0 Å². The van der Waals surface area contributed by atoms with Crippen LogP contribution in [0.4, 0.5) is 0 Å². The minimum absolute atomic E-state index is 0.954. The molecule has 1 aliphatic carbocycles. The minimum atomic E-state index is 0.954. The second-order valence-electron chi connectivity index (χ2n) is 10.3. The van der Waals surface area contributed by atoms with Gasteiger partial charge < -0.3 is 0 Å². The molecule has 0 nitrogen and oxygen atoms in total. The molecule has 4 rings (SSSR count). The van der Waals surface area contributed by atoms with Crippen molar-refractivity contribution < 1.29 is 0 Å². The summed E-state index contributed by atoms with van der Waals surface area (Å²) in [5.74, 6) is 1.98. The molecule has 0 spiro atoms. The van der Waals surface area contributed by atoms with Crippen LogP contribution in [0.1, 0.15) is 89.2 Å². The van der Waals surface area contributed by atoms with Gasteiger partial charge in [0.15, 0.2) is 0 Å². The molecule has 1 saturated carbocycles. The molecule has 0 aliphatic heterocycles. The smallest absolute Gasteiger partial charge is 0.0178 e. The maximum Gasteiger partial charge on any atom is -0.0178 e. The third kappa shape index (κ3) is 6.25. The fourth-order valence-electron chi connectivity index (χ4n) is 5.65. The Morgan fingerprint density at radius 1 is 0.562 bits per heavy atom. The van der Waals surface area contributed by atoms with Crippen LogP contribution in [0.2, 0.25) is 0 Å². The first-order valence-electron chi connectivity index (χ1n) is 13.4. The molecule has 1 aliphatic rings. The van der Waals surface area contributed by atoms with Gasteiger partial charge in [-0.1, -0.05) is 126 Å². The van der Waals surface area contributed by atoms with Gasteiger partial charge in [-0.3, -0.25) is 0 Å². The Morgan fingerprint density at radius 2 is 1.19 bits per heavy atom. The topological polar surface area (TPSA) is 0 Å². The largest absolute Gasteiger partial charge is 0.0654 e. The van der Waals surface area contributed by atoms with Crippen molar-refractivity contribution in [2.45, 2.75) is 90.9 Å². The Labute approximate surface area is 196 Å². The Bertz CT molecular complexity index is 957. The molecular weight excluding hydrogens is 384 g/mol. The summed E-state index contributed by atoms with van der Waals surface area (Å²) in [7, 11) is 0. The van der Waals surface area contributed by atoms with Gasteiger partial charge in [-0.25, -0.2) is 0 Å². The summed E-state index contributed by atoms with van der Waals surface area (Å²) < 4.78 is 0. The van der Waals surface area contributed by atoms with Crippen molar-refractivity contribution in [3.8, 4) is 11.1 Å². The van der Waals surface area contributed by atoms with Crippen LogP contribution in [0.15, 0.2) is 60.7 Å². The van der Waals surface area contributed by atoms with Gasteiger partial charge in [-0.15, -0.1) is 0 Å². The molecule has 0 saturated heterocycles. The Morgan fingerprint density at radius 3 is 1.91 bits per heavy atom. The number of hydrogen-bond acceptors (Lipinski definition) is 0. The quantitative estimate of drug-likeness (QED) is 0.283. The second-order valence-corrected chi connectivity index (χ2v) is 10.3. The molecule has 0 amide bonds. The number of fused-ring (bicyclic) bond motifs is 1. The molecule has 0 unspecified atom stereocenters. The molecule has 3 aromatic rings. The predicted molar refractivity (Wildman–Crippen MR) is 141 cm³/mol. The van der Waals surface area contributed by atoms with Gasteiger partial charge in [0.25, 0.3) is 0 Å². The van der Waals surface area contributed by atoms with Crippen LogP contribution in [0.3, 0.4) is 0 Å². The zero-order valence-corrected chi connectivity index (χ0v) is 20.4. The minimum Gasteiger partial charge on any atom is -0.0654 e. The monoisotopic (exact) mass is 426 g/mol. The third-order valence-electron chi connectivity index (χ3n) is 7.75. The van der Waals surface area contributed by atoms with Gasteiger partial charge in [0.1, 0.15) is 0 Å². The molecule has 170 valence electrons. The lowest BCUT2D eigenvalue weighted by Gasteiger charge is -2.28. The average Bonchev–Trinajstić information content (AvgIpc) is 2.84. The summed E-state index contributed by atoms with van der Waals surface area (Å²) in [6.07, 6.45) is 16.6. The Kier molecular flexibility index (Phi) is 8.43. The summed E-state index contributed by atoms with van der Waals surface area (Å²) in [4.78, 5) is 0. The highest BCUT2D eigenvalue weighted by atomic mass is 14.3. The highest BCUT2D eigenvalue weighted by molar-refractivity contribution is 5.87. The van der Waals surface area contributed by atoms with Gasteiger partial charge in [-0.05, 0) is 70.2 Å². The molecule has 0 radical (unpaired) electrons. The molecule has 0 heteroatoms. The molecule has 0 bridgehead atoms. The van der Waals surface area contributed by atoms with E-state index in [1.165, 1.54) is 110 Å². The van der Waals surface area contributed by atoms with Gasteiger partial charge >= 0.3 is 0 Å². The summed E-state index contributed by atoms with van der Waals surface area (Å²) in [6, 6.07) is 23.2. The van der Waals surface area contributed by atoms with Crippen molar-refractivity contribution in [1.29, 1.82) is 0 Å². The second kappa shape index (κ2) is 11.7. The number of rotatable bonds is 10. The molecule has 3 aromatic carbocycles. The molecule has 0 N–H and O–H groups in total. The molecule has 32 heavy (non-hydrogen) atoms. The first-order chi connectivity index (χ1) is 15.7. The summed E-state index contributed by atoms with van der Waals surface area (Å²) >= 11 is 0. The number of aryl methyl sites for hydroxylation is 2. The Hall–Kier alpha value is -2.08. The standard InChI is InChI=1S/C32H42/c1-3-5-6-8-25-9-11-26(12-10-25)13-14-27-15-18-29(19-16-27)31-22-21-30-23-28(7-4-2)17-20-32(30)24-31/h15-26H,3-14H2,1-2H3. The highest BCUT2D eigenvalue weighted by Gasteiger charge is 2.20. The van der Waals surface area contributed by atoms with Crippen molar-refractivity contribution in [2.24, 2.45) is 11.8 Å². The fraction of sp³-hybridized carbons (Fsp3) is 0.500. The van der Waals surface area contributed by atoms with E-state index in [0.717, 1.165) is 11.8 Å². The van der Waals surface area contributed by atoms with E-state index in [2.05, 4.69) is 74.5 Å². The Balaban J connectivity index is 1.29. The molecule has 0 heterocycles. The number of benzene rings is 3. The maximum atomic E-state index is 2.36. The predicted octanol–water partition coefficient (Wildman–Crippen LogP) is 9.78. The fourth-order valence-corrected chi connectivity index (χ4v) is 5.65. The summed E-state index contributed by atoms with van der Waals surface area (Å²) in [5, 5.41) is 2.70. The van der Waals surface area contributed by atoms with Crippen molar-refractivity contribution >= 4 is 10.8 Å². The summed E-state index contributed by atoms with van der Waals surface area (Å²) in [5.41, 5.74) is 5.61. The number of unbranched alkanes of at least 4 members (excludes halogenated alkanes) is 2. The van der Waals surface area contributed by atoms with Gasteiger partial charge in [0, 0.05) is 0 Å². The first-order valence-corrected chi connectivity index (χ1v) is 13.4. The normalized spacial score (nSPS) is 18.8. The van der Waals surface area contributed by atoms with Crippen molar-refractivity contribution in [1.82, 2.24) is 0 Å². The zero-order valence-electron chi connectivity index (χ0n) is 20.4. The lowest BCUT2D eigenvalue weighted by Crippen LogP contribution is -2.15. The lowest BCUT2D eigenvalue weighted by atomic mass is 9.78. The third-order valence-corrected chi connectivity index (χ3v) is 7.75. The van der Waals surface area contributed by atoms with E-state index in [0.29, 0.717) is 0 Å². The van der Waals surface area contributed by atoms with Gasteiger partial charge in [0.2, 0.25) is 0 Å². The first kappa shape index (κ1) is 23.1. The average molecular weight is 427 g/mol. The van der Waals surface area contributed by atoms with E-state index in [-0.39, 0.29) is 0 Å². The van der Waals surface area contributed by atoms with Crippen LogP contribution in [-0.4, -0.2) is 0 Å². The van der Waals surface area contributed by atoms with Crippen LogP contribution in [0, 0.1) is 11.8 Å². The lowest BCUT2D eigenvalue weighted by molar-refractivity contribution is 0.249. The van der Waals surface area contributed by atoms with Crippen LogP contribution in [0.25, 0.3) is 21.9 Å². The zero-order chi connectivity index (χ0) is 22.2. The van der Waals surface area contributed by atoms with Gasteiger partial charge in [-0.2, -0.15) is 0 Å². The molecule has 1 fully saturated rings. The van der Waals surface area contributed by atoms with Crippen molar-refractivity contribution in [3.05, 3.63) is 71.8 Å². The maximum absolute atomic E-state index is 2.36. The van der Waals surface area contributed by atoms with Crippen LogP contribution >= 0.6 is 0 Å². The highest BCUT2D eigenvalue weighted by Crippen LogP contribution is 2.34. The van der Waals surface area contributed by atoms with Crippen LogP contribution in [0.5, 0.6) is 0 Å². The number of hydrogen-bond donors (Lipinski definition) is 0. The van der Waals surface area contributed by atoms with E-state index in [4.69, 9.17) is 0 Å². The molecule has 0 atom stereocenters. The molecular formula is C32H42.